The van der Waals surface area contributed by atoms with Crippen molar-refractivity contribution in [2.45, 2.75) is 43.2 Å². The summed E-state index contributed by atoms with van der Waals surface area (Å²) in [5, 5.41) is 12.9. The van der Waals surface area contributed by atoms with Gasteiger partial charge in [0.25, 0.3) is 0 Å². The standard InChI is InChI=1S/C31H28N4O5S2/c1-19(36)12-20-4-3-7-23(14-20)24-8-11-26-27(15-24)41-31(35-26)29(30(38)33-17-28(37)34-25-9-10-25)42(39,40)18-22-6-2-5-21(13-22)16-32/h2-8,11,13-15,25,29H,9-10,12,17-18H2,1H3,(H,33,38)(H,34,37). The van der Waals surface area contributed by atoms with E-state index in [2.05, 4.69) is 15.6 Å². The summed E-state index contributed by atoms with van der Waals surface area (Å²) in [6.07, 6.45) is 2.09. The maximum absolute atomic E-state index is 13.8. The van der Waals surface area contributed by atoms with Crippen LogP contribution >= 0.6 is 11.3 Å². The molecule has 2 amide bonds. The molecule has 1 aromatic heterocycles. The second-order valence-electron chi connectivity index (χ2n) is 10.4. The van der Waals surface area contributed by atoms with Gasteiger partial charge in [-0.2, -0.15) is 5.26 Å². The van der Waals surface area contributed by atoms with Gasteiger partial charge in [-0.15, -0.1) is 11.3 Å². The Labute approximate surface area is 247 Å². The van der Waals surface area contributed by atoms with E-state index < -0.39 is 26.7 Å². The van der Waals surface area contributed by atoms with Gasteiger partial charge in [-0.1, -0.05) is 42.5 Å². The first-order valence-electron chi connectivity index (χ1n) is 13.4. The molecule has 1 atom stereocenters. The van der Waals surface area contributed by atoms with Gasteiger partial charge in [-0.05, 0) is 66.3 Å². The number of nitriles is 1. The molecule has 1 heterocycles. The number of thiazole rings is 1. The lowest BCUT2D eigenvalue weighted by atomic mass is 10.0. The van der Waals surface area contributed by atoms with Crippen molar-refractivity contribution in [3.8, 4) is 17.2 Å². The van der Waals surface area contributed by atoms with Crippen LogP contribution in [0.5, 0.6) is 0 Å². The first kappa shape index (κ1) is 29.1. The molecule has 0 bridgehead atoms. The molecular weight excluding hydrogens is 572 g/mol. The number of rotatable bonds is 11. The van der Waals surface area contributed by atoms with Gasteiger partial charge in [0.15, 0.2) is 15.1 Å². The highest BCUT2D eigenvalue weighted by molar-refractivity contribution is 7.91. The van der Waals surface area contributed by atoms with Crippen LogP contribution in [0.1, 0.15) is 46.7 Å². The molecule has 9 nitrogen and oxygen atoms in total. The molecule has 0 aliphatic heterocycles. The monoisotopic (exact) mass is 600 g/mol. The van der Waals surface area contributed by atoms with Crippen molar-refractivity contribution in [3.63, 3.8) is 0 Å². The Bertz CT molecular complexity index is 1840. The Balaban J connectivity index is 1.47. The van der Waals surface area contributed by atoms with E-state index in [0.717, 1.165) is 40.9 Å². The summed E-state index contributed by atoms with van der Waals surface area (Å²) in [7, 11) is -4.18. The van der Waals surface area contributed by atoms with Crippen molar-refractivity contribution in [3.05, 3.63) is 88.4 Å². The lowest BCUT2D eigenvalue weighted by Gasteiger charge is -2.16. The predicted octanol–water partition coefficient (Wildman–Crippen LogP) is 4.02. The van der Waals surface area contributed by atoms with Gasteiger partial charge in [0.2, 0.25) is 11.8 Å². The second-order valence-corrected chi connectivity index (χ2v) is 13.5. The number of carbonyl (C=O) groups is 3. The number of nitrogens with one attached hydrogen (secondary N) is 2. The van der Waals surface area contributed by atoms with Crippen molar-refractivity contribution >= 4 is 49.0 Å². The fraction of sp³-hybridized carbons (Fsp3) is 0.258. The van der Waals surface area contributed by atoms with E-state index in [1.165, 1.54) is 13.0 Å². The van der Waals surface area contributed by atoms with Crippen LogP contribution < -0.4 is 10.6 Å². The Kier molecular flexibility index (Phi) is 8.47. The number of ketones is 1. The van der Waals surface area contributed by atoms with Crippen LogP contribution in [0, 0.1) is 11.3 Å². The molecule has 2 N–H and O–H groups in total. The summed E-state index contributed by atoms with van der Waals surface area (Å²) in [4.78, 5) is 41.8. The normalized spacial score (nSPS) is 13.7. The third kappa shape index (κ3) is 7.08. The summed E-state index contributed by atoms with van der Waals surface area (Å²) in [5.41, 5.74) is 3.85. The van der Waals surface area contributed by atoms with Crippen LogP contribution in [0.3, 0.4) is 0 Å². The van der Waals surface area contributed by atoms with E-state index in [0.29, 0.717) is 27.8 Å². The van der Waals surface area contributed by atoms with Gasteiger partial charge >= 0.3 is 0 Å². The molecule has 11 heteroatoms. The van der Waals surface area contributed by atoms with Crippen LogP contribution in [0.25, 0.3) is 21.3 Å². The van der Waals surface area contributed by atoms with E-state index in [1.807, 2.05) is 42.5 Å². The number of hydrogen-bond donors (Lipinski definition) is 2. The number of hydrogen-bond acceptors (Lipinski definition) is 8. The zero-order chi connectivity index (χ0) is 29.9. The van der Waals surface area contributed by atoms with Crippen LogP contribution in [0.4, 0.5) is 0 Å². The molecule has 4 aromatic rings. The largest absolute Gasteiger partial charge is 0.352 e. The molecule has 42 heavy (non-hydrogen) atoms. The number of benzene rings is 3. The molecule has 0 spiro atoms. The van der Waals surface area contributed by atoms with E-state index >= 15 is 0 Å². The van der Waals surface area contributed by atoms with Gasteiger partial charge in [0, 0.05) is 12.5 Å². The minimum Gasteiger partial charge on any atom is -0.352 e. The van der Waals surface area contributed by atoms with Gasteiger partial charge in [0.05, 0.1) is 34.1 Å². The Morgan fingerprint density at radius 3 is 2.50 bits per heavy atom. The first-order chi connectivity index (χ1) is 20.1. The predicted molar refractivity (Wildman–Crippen MR) is 160 cm³/mol. The van der Waals surface area contributed by atoms with Gasteiger partial charge in [-0.3, -0.25) is 14.4 Å². The maximum Gasteiger partial charge on any atom is 0.245 e. The molecule has 1 aliphatic carbocycles. The number of aromatic nitrogens is 1. The van der Waals surface area contributed by atoms with Crippen LogP contribution in [-0.2, 0) is 36.4 Å². The SMILES string of the molecule is CC(=O)Cc1cccc(-c2ccc3nc(C(C(=O)NCC(=O)NC4CC4)S(=O)(=O)Cc4cccc(C#N)c4)sc3c2)c1. The molecule has 1 aliphatic rings. The maximum atomic E-state index is 13.8. The summed E-state index contributed by atoms with van der Waals surface area (Å²) in [6, 6.07) is 21.4. The van der Waals surface area contributed by atoms with E-state index in [-0.39, 0.29) is 29.3 Å². The van der Waals surface area contributed by atoms with Crippen molar-refractivity contribution < 1.29 is 22.8 Å². The molecule has 1 fully saturated rings. The summed E-state index contributed by atoms with van der Waals surface area (Å²) >= 11 is 1.10. The molecule has 1 unspecified atom stereocenters. The van der Waals surface area contributed by atoms with Crippen LogP contribution in [0.2, 0.25) is 0 Å². The van der Waals surface area contributed by atoms with Crippen molar-refractivity contribution in [1.29, 1.82) is 5.26 Å². The van der Waals surface area contributed by atoms with E-state index in [4.69, 9.17) is 0 Å². The highest BCUT2D eigenvalue weighted by atomic mass is 32.2. The summed E-state index contributed by atoms with van der Waals surface area (Å²) in [6.45, 7) is 1.19. The molecule has 5 rings (SSSR count). The number of Topliss-reactive ketones (excluding diaryl/α,β-unsaturated/α-hetero) is 1. The highest BCUT2D eigenvalue weighted by Gasteiger charge is 2.37. The van der Waals surface area contributed by atoms with Crippen LogP contribution in [0.15, 0.2) is 66.7 Å². The van der Waals surface area contributed by atoms with Gasteiger partial charge in [-0.25, -0.2) is 13.4 Å². The van der Waals surface area contributed by atoms with Crippen molar-refractivity contribution in [2.75, 3.05) is 6.54 Å². The molecule has 1 saturated carbocycles. The Morgan fingerprint density at radius 1 is 1.02 bits per heavy atom. The summed E-state index contributed by atoms with van der Waals surface area (Å²) < 4.78 is 28.2. The van der Waals surface area contributed by atoms with Crippen LogP contribution in [-0.4, -0.2) is 43.6 Å². The Morgan fingerprint density at radius 2 is 1.76 bits per heavy atom. The third-order valence-electron chi connectivity index (χ3n) is 6.73. The average Bonchev–Trinajstić information content (AvgIpc) is 3.66. The first-order valence-corrected chi connectivity index (χ1v) is 15.9. The Hall–Kier alpha value is -4.40. The highest BCUT2D eigenvalue weighted by Crippen LogP contribution is 2.35. The van der Waals surface area contributed by atoms with Crippen molar-refractivity contribution in [1.82, 2.24) is 15.6 Å². The zero-order valence-corrected chi connectivity index (χ0v) is 24.4. The number of sulfone groups is 1. The average molecular weight is 601 g/mol. The molecule has 0 radical (unpaired) electrons. The molecule has 3 aromatic carbocycles. The fourth-order valence-corrected chi connectivity index (χ4v) is 7.78. The minimum atomic E-state index is -4.18. The number of amides is 2. The minimum absolute atomic E-state index is 0.0598. The van der Waals surface area contributed by atoms with E-state index in [9.17, 15) is 28.1 Å². The lowest BCUT2D eigenvalue weighted by molar-refractivity contribution is -0.126. The summed E-state index contributed by atoms with van der Waals surface area (Å²) in [5.74, 6) is -1.65. The second kappa shape index (κ2) is 12.2. The van der Waals surface area contributed by atoms with Gasteiger partial charge in [0.1, 0.15) is 10.8 Å². The fourth-order valence-electron chi connectivity index (χ4n) is 4.62. The lowest BCUT2D eigenvalue weighted by Crippen LogP contribution is -2.41. The van der Waals surface area contributed by atoms with Gasteiger partial charge < -0.3 is 10.6 Å². The molecule has 214 valence electrons. The quantitative estimate of drug-likeness (QED) is 0.264. The molecular formula is C31H28N4O5S2. The smallest absolute Gasteiger partial charge is 0.245 e. The topological polar surface area (TPSA) is 146 Å². The molecule has 0 saturated heterocycles. The number of fused-ring (bicyclic) bond motifs is 1. The number of carbonyl (C=O) groups excluding carboxylic acids is 3. The zero-order valence-electron chi connectivity index (χ0n) is 22.8. The van der Waals surface area contributed by atoms with E-state index in [1.54, 1.807) is 24.3 Å². The number of nitrogens with zero attached hydrogens (tertiary/aromatic N) is 2. The van der Waals surface area contributed by atoms with Crippen molar-refractivity contribution in [2.24, 2.45) is 0 Å². The third-order valence-corrected chi connectivity index (χ3v) is 9.85.